The van der Waals surface area contributed by atoms with Crippen LogP contribution in [0.4, 0.5) is 0 Å². The molecule has 0 aromatic carbocycles. The van der Waals surface area contributed by atoms with Crippen LogP contribution < -0.4 is 0 Å². The molecule has 230 valence electrons. The number of aliphatic hydroxyl groups is 1. The number of aliphatic imine (C=N–C) groups is 2. The number of carbonyl (C=O) groups excluding carboxylic acids is 4. The van der Waals surface area contributed by atoms with Gasteiger partial charge in [0.15, 0.2) is 6.10 Å². The maximum atomic E-state index is 12.9. The van der Waals surface area contributed by atoms with Crippen LogP contribution in [0.25, 0.3) is 0 Å². The molecule has 0 aromatic heterocycles. The van der Waals surface area contributed by atoms with Crippen LogP contribution in [0.3, 0.4) is 0 Å². The van der Waals surface area contributed by atoms with E-state index in [1.54, 1.807) is 14.1 Å². The lowest BCUT2D eigenvalue weighted by Gasteiger charge is -2.34. The minimum atomic E-state index is -0.999. The Kier molecular flexibility index (Phi) is 20.3. The van der Waals surface area contributed by atoms with Crippen molar-refractivity contribution in [2.75, 3.05) is 61.9 Å². The van der Waals surface area contributed by atoms with Crippen molar-refractivity contribution < 1.29 is 57.4 Å². The Morgan fingerprint density at radius 3 is 1.68 bits per heavy atom. The first-order valence-electron chi connectivity index (χ1n) is 13.0. The third-order valence-electron chi connectivity index (χ3n) is 5.82. The molecule has 4 unspecified atom stereocenters. The highest BCUT2D eigenvalue weighted by atomic mass is 16.6. The molecule has 6 atom stereocenters. The summed E-state index contributed by atoms with van der Waals surface area (Å²) in [5.74, 6) is -4.52. The third kappa shape index (κ3) is 11.7. The van der Waals surface area contributed by atoms with E-state index in [0.29, 0.717) is 12.8 Å². The van der Waals surface area contributed by atoms with E-state index in [4.69, 9.17) is 33.5 Å². The van der Waals surface area contributed by atoms with Gasteiger partial charge in [0.05, 0.1) is 26.3 Å². The number of aliphatic hydroxyl groups excluding tert-OH is 1. The minimum Gasteiger partial charge on any atom is -0.467 e. The minimum absolute atomic E-state index is 0.209. The average molecular weight is 577 g/mol. The second kappa shape index (κ2) is 21.9. The maximum Gasteiger partial charge on any atom is 0.332 e. The van der Waals surface area contributed by atoms with Gasteiger partial charge in [0.2, 0.25) is 0 Å². The van der Waals surface area contributed by atoms with Crippen LogP contribution in [-0.4, -0.2) is 121 Å². The fraction of sp³-hybridized carbons (Fsp3) is 0.808. The molecule has 0 radical (unpaired) electrons. The summed E-state index contributed by atoms with van der Waals surface area (Å²) >= 11 is 0. The summed E-state index contributed by atoms with van der Waals surface area (Å²) in [5, 5.41) is 7.00. The molecule has 40 heavy (non-hydrogen) atoms. The van der Waals surface area contributed by atoms with Gasteiger partial charge in [0.25, 0.3) is 0 Å². The fourth-order valence-corrected chi connectivity index (χ4v) is 4.05. The molecule has 2 bridgehead atoms. The molecule has 0 aliphatic carbocycles. The molecule has 0 aromatic rings. The molecule has 2 heterocycles. The standard InChI is InChI=1S/C22H34O11.C3H6N2.CH4O/c1-5-7-9-30-21(25)15-16(22(26)31-10-8-6-2)18-20(19(28-4)17(15)33-18)32-14(24)12-29-11-13(23)27-3;1-4-3-5-2;1-2/h15-20H,5-12H2,1-4H3;1-2H3;2H,1H3/t15?,16?,17-,18?,19+,20?;;/m0../s1. The Labute approximate surface area is 235 Å². The zero-order valence-electron chi connectivity index (χ0n) is 24.5. The Morgan fingerprint density at radius 1 is 0.800 bits per heavy atom. The Bertz CT molecular complexity index is 825. The van der Waals surface area contributed by atoms with Crippen molar-refractivity contribution >= 4 is 29.9 Å². The Hall–Kier alpha value is -2.90. The van der Waals surface area contributed by atoms with Crippen LogP contribution in [0, 0.1) is 11.8 Å². The molecule has 2 aliphatic rings. The van der Waals surface area contributed by atoms with Crippen molar-refractivity contribution in [1.82, 2.24) is 0 Å². The van der Waals surface area contributed by atoms with Gasteiger partial charge in [0, 0.05) is 28.3 Å². The lowest BCUT2D eigenvalue weighted by molar-refractivity contribution is -0.176. The topological polar surface area (TPSA) is 178 Å². The van der Waals surface area contributed by atoms with Gasteiger partial charge in [-0.15, -0.1) is 0 Å². The highest BCUT2D eigenvalue weighted by molar-refractivity contribution is 5.85. The molecule has 14 heteroatoms. The van der Waals surface area contributed by atoms with Crippen LogP contribution >= 0.6 is 0 Å². The lowest BCUT2D eigenvalue weighted by Crippen LogP contribution is -2.54. The van der Waals surface area contributed by atoms with Crippen LogP contribution in [-0.2, 0) is 52.3 Å². The average Bonchev–Trinajstić information content (AvgIpc) is 3.51. The molecule has 0 spiro atoms. The summed E-state index contributed by atoms with van der Waals surface area (Å²) in [4.78, 5) is 56.0. The fourth-order valence-electron chi connectivity index (χ4n) is 4.05. The molecular formula is C26H44N2O12. The molecule has 2 aliphatic heterocycles. The van der Waals surface area contributed by atoms with E-state index in [1.807, 2.05) is 13.8 Å². The summed E-state index contributed by atoms with van der Waals surface area (Å²) in [7, 11) is 6.86. The SMILES string of the molecule is CCCCOC(=O)C1C2O[C@@H](C1C(=O)OCCCC)[C@@H](OC)C2OC(=O)COCC(=O)OC.CN=C=NC.CO. The van der Waals surface area contributed by atoms with E-state index in [1.165, 1.54) is 14.2 Å². The normalized spacial score (nSPS) is 23.7. The second-order valence-corrected chi connectivity index (χ2v) is 8.43. The van der Waals surface area contributed by atoms with Crippen molar-refractivity contribution in [2.45, 2.75) is 63.9 Å². The van der Waals surface area contributed by atoms with Crippen molar-refractivity contribution in [1.29, 1.82) is 0 Å². The van der Waals surface area contributed by atoms with E-state index in [9.17, 15) is 19.2 Å². The van der Waals surface area contributed by atoms with Gasteiger partial charge in [-0.25, -0.2) is 19.6 Å². The lowest BCUT2D eigenvalue weighted by atomic mass is 9.76. The van der Waals surface area contributed by atoms with E-state index in [0.717, 1.165) is 20.0 Å². The van der Waals surface area contributed by atoms with E-state index < -0.39 is 73.3 Å². The number of fused-ring (bicyclic) bond motifs is 2. The third-order valence-corrected chi connectivity index (χ3v) is 5.82. The summed E-state index contributed by atoms with van der Waals surface area (Å²) in [6, 6.07) is 2.36. The smallest absolute Gasteiger partial charge is 0.332 e. The molecule has 2 saturated heterocycles. The number of unbranched alkanes of at least 4 members (excludes halogenated alkanes) is 2. The largest absolute Gasteiger partial charge is 0.467 e. The molecule has 0 amide bonds. The maximum absolute atomic E-state index is 12.9. The van der Waals surface area contributed by atoms with Gasteiger partial charge in [-0.1, -0.05) is 26.7 Å². The molecule has 14 nitrogen and oxygen atoms in total. The number of rotatable bonds is 14. The first-order valence-corrected chi connectivity index (χ1v) is 13.0. The van der Waals surface area contributed by atoms with Gasteiger partial charge in [0.1, 0.15) is 43.4 Å². The Balaban J connectivity index is 0.00000195. The van der Waals surface area contributed by atoms with Crippen LogP contribution in [0.1, 0.15) is 39.5 Å². The predicted octanol–water partition coefficient (Wildman–Crippen LogP) is 0.831. The van der Waals surface area contributed by atoms with Crippen molar-refractivity contribution in [3.05, 3.63) is 0 Å². The number of hydrogen-bond acceptors (Lipinski definition) is 14. The number of esters is 4. The number of ether oxygens (including phenoxy) is 7. The number of hydrogen-bond donors (Lipinski definition) is 1. The summed E-state index contributed by atoms with van der Waals surface area (Å²) in [5.41, 5.74) is 0. The van der Waals surface area contributed by atoms with Gasteiger partial charge >= 0.3 is 23.9 Å². The zero-order valence-corrected chi connectivity index (χ0v) is 24.5. The first-order chi connectivity index (χ1) is 19.3. The second-order valence-electron chi connectivity index (χ2n) is 8.43. The number of methoxy groups -OCH3 is 2. The monoisotopic (exact) mass is 576 g/mol. The first kappa shape index (κ1) is 37.1. The van der Waals surface area contributed by atoms with Gasteiger partial charge in [-0.2, -0.15) is 0 Å². The molecular weight excluding hydrogens is 532 g/mol. The van der Waals surface area contributed by atoms with Crippen molar-refractivity contribution in [3.63, 3.8) is 0 Å². The summed E-state index contributed by atoms with van der Waals surface area (Å²) in [6.07, 6.45) is -0.483. The van der Waals surface area contributed by atoms with Gasteiger partial charge < -0.3 is 38.3 Å². The van der Waals surface area contributed by atoms with Crippen molar-refractivity contribution in [2.24, 2.45) is 21.8 Å². The molecule has 2 rings (SSSR count). The van der Waals surface area contributed by atoms with E-state index >= 15 is 0 Å². The molecule has 0 saturated carbocycles. The van der Waals surface area contributed by atoms with E-state index in [2.05, 4.69) is 20.7 Å². The molecule has 1 N–H and O–H groups in total. The Morgan fingerprint density at radius 2 is 1.27 bits per heavy atom. The summed E-state index contributed by atoms with van der Waals surface area (Å²) in [6.45, 7) is 3.45. The zero-order chi connectivity index (χ0) is 30.5. The highest BCUT2D eigenvalue weighted by Crippen LogP contribution is 2.47. The predicted molar refractivity (Wildman–Crippen MR) is 141 cm³/mol. The number of nitrogens with zero attached hydrogens (tertiary/aromatic N) is 2. The van der Waals surface area contributed by atoms with Crippen LogP contribution in [0.5, 0.6) is 0 Å². The highest BCUT2D eigenvalue weighted by Gasteiger charge is 2.67. The quantitative estimate of drug-likeness (QED) is 0.133. The van der Waals surface area contributed by atoms with Crippen molar-refractivity contribution in [3.8, 4) is 0 Å². The van der Waals surface area contributed by atoms with Crippen LogP contribution in [0.15, 0.2) is 9.98 Å². The van der Waals surface area contributed by atoms with Gasteiger partial charge in [-0.3, -0.25) is 9.59 Å². The van der Waals surface area contributed by atoms with E-state index in [-0.39, 0.29) is 13.2 Å². The number of carbonyl (C=O) groups is 4. The molecule has 2 fully saturated rings. The summed E-state index contributed by atoms with van der Waals surface area (Å²) < 4.78 is 37.0. The van der Waals surface area contributed by atoms with Gasteiger partial charge in [-0.05, 0) is 12.8 Å². The van der Waals surface area contributed by atoms with Crippen LogP contribution in [0.2, 0.25) is 0 Å².